The van der Waals surface area contributed by atoms with E-state index in [2.05, 4.69) is 22.5 Å². The standard InChI is InChI=1S/C12H19ClFNO2.C11H20N2O3/c1-3-8(2)15-12(16)7-17-9-4-5-10(13)11(14)6-9;1-12-10(14)9-7-13-11(16-15-9)8-5-3-2-4-6-8/h9-11H,2-7H2,1H3,(H,15,16);8-9,11,13H,2-7H2,1H3,(H,12,14). The Bertz CT molecular complexity index is 627. The molecular weight excluding hydrogens is 453 g/mol. The molecule has 2 aliphatic carbocycles. The van der Waals surface area contributed by atoms with Gasteiger partial charge in [0, 0.05) is 31.6 Å². The molecule has 2 saturated carbocycles. The quantitative estimate of drug-likeness (QED) is 0.374. The minimum Gasteiger partial charge on any atom is -0.368 e. The number of amides is 2. The molecule has 10 heteroatoms. The number of hydrogen-bond donors (Lipinski definition) is 3. The fourth-order valence-electron chi connectivity index (χ4n) is 4.11. The number of carbonyl (C=O) groups excluding carboxylic acids is 2. The first-order valence-corrected chi connectivity index (χ1v) is 12.4. The predicted octanol–water partition coefficient (Wildman–Crippen LogP) is 3.10. The van der Waals surface area contributed by atoms with Crippen LogP contribution in [0.15, 0.2) is 12.3 Å². The van der Waals surface area contributed by atoms with Crippen LogP contribution in [0.5, 0.6) is 0 Å². The van der Waals surface area contributed by atoms with Gasteiger partial charge in [-0.2, -0.15) is 0 Å². The van der Waals surface area contributed by atoms with Gasteiger partial charge in [-0.1, -0.05) is 32.8 Å². The van der Waals surface area contributed by atoms with Crippen LogP contribution in [-0.4, -0.2) is 62.0 Å². The van der Waals surface area contributed by atoms with Crippen molar-refractivity contribution in [3.63, 3.8) is 0 Å². The number of allylic oxidation sites excluding steroid dienone is 1. The molecule has 1 saturated heterocycles. The molecule has 3 rings (SSSR count). The maximum Gasteiger partial charge on any atom is 0.253 e. The summed E-state index contributed by atoms with van der Waals surface area (Å²) < 4.78 is 18.6. The number of halogens is 2. The molecule has 3 N–H and O–H groups in total. The molecule has 5 atom stereocenters. The summed E-state index contributed by atoms with van der Waals surface area (Å²) in [7, 11) is 1.60. The van der Waals surface area contributed by atoms with Crippen LogP contribution < -0.4 is 16.0 Å². The molecule has 3 aliphatic rings. The number of ether oxygens (including phenoxy) is 1. The number of nitrogens with one attached hydrogen (secondary N) is 3. The van der Waals surface area contributed by atoms with Crippen molar-refractivity contribution < 1.29 is 28.5 Å². The molecule has 1 aliphatic heterocycles. The van der Waals surface area contributed by atoms with Crippen LogP contribution in [-0.2, 0) is 24.1 Å². The van der Waals surface area contributed by atoms with E-state index in [4.69, 9.17) is 26.1 Å². The van der Waals surface area contributed by atoms with E-state index in [1.54, 1.807) is 7.05 Å². The first-order valence-electron chi connectivity index (χ1n) is 12.0. The average Bonchev–Trinajstić information content (AvgIpc) is 2.85. The molecule has 190 valence electrons. The second-order valence-corrected chi connectivity index (χ2v) is 9.37. The van der Waals surface area contributed by atoms with E-state index in [-0.39, 0.29) is 37.2 Å². The normalized spacial score (nSPS) is 30.5. The molecule has 0 aromatic heterocycles. The molecule has 1 heterocycles. The summed E-state index contributed by atoms with van der Waals surface area (Å²) in [5.41, 5.74) is 0.659. The summed E-state index contributed by atoms with van der Waals surface area (Å²) >= 11 is 5.76. The van der Waals surface area contributed by atoms with E-state index in [0.29, 0.717) is 37.4 Å². The lowest BCUT2D eigenvalue weighted by Gasteiger charge is -2.34. The van der Waals surface area contributed by atoms with Gasteiger partial charge < -0.3 is 15.4 Å². The van der Waals surface area contributed by atoms with Gasteiger partial charge in [-0.15, -0.1) is 11.6 Å². The van der Waals surface area contributed by atoms with Gasteiger partial charge in [-0.3, -0.25) is 14.9 Å². The van der Waals surface area contributed by atoms with Crippen molar-refractivity contribution in [3.8, 4) is 0 Å². The lowest BCUT2D eigenvalue weighted by atomic mass is 9.88. The molecule has 2 amide bonds. The maximum atomic E-state index is 13.3. The number of alkyl halides is 2. The molecule has 0 aromatic rings. The first kappa shape index (κ1) is 28.0. The van der Waals surface area contributed by atoms with Gasteiger partial charge >= 0.3 is 0 Å². The van der Waals surface area contributed by atoms with Gasteiger partial charge in [-0.05, 0) is 32.1 Å². The van der Waals surface area contributed by atoms with Crippen molar-refractivity contribution >= 4 is 23.4 Å². The molecule has 5 unspecified atom stereocenters. The Hall–Kier alpha value is -1.26. The zero-order chi connectivity index (χ0) is 24.2. The SMILES string of the molecule is C=C(CC)NC(=O)COC1CCC(Cl)C(F)C1.CNC(=O)C1CNC(C2CCCCC2)OO1. The molecule has 0 aromatic carbocycles. The summed E-state index contributed by atoms with van der Waals surface area (Å²) in [5, 5.41) is 7.99. The van der Waals surface area contributed by atoms with Crippen molar-refractivity contribution in [3.05, 3.63) is 12.3 Å². The Balaban J connectivity index is 0.000000234. The number of likely N-dealkylation sites (N-methyl/N-ethyl adjacent to an activating group) is 1. The van der Waals surface area contributed by atoms with Gasteiger partial charge in [-0.25, -0.2) is 14.2 Å². The van der Waals surface area contributed by atoms with Gasteiger partial charge in [0.25, 0.3) is 5.91 Å². The minimum absolute atomic E-state index is 0.0405. The topological polar surface area (TPSA) is 97.9 Å². The summed E-state index contributed by atoms with van der Waals surface area (Å²) in [4.78, 5) is 33.1. The highest BCUT2D eigenvalue weighted by molar-refractivity contribution is 6.21. The zero-order valence-corrected chi connectivity index (χ0v) is 20.5. The first-order chi connectivity index (χ1) is 15.8. The van der Waals surface area contributed by atoms with Crippen molar-refractivity contribution in [2.24, 2.45) is 5.92 Å². The largest absolute Gasteiger partial charge is 0.368 e. The third-order valence-electron chi connectivity index (χ3n) is 6.23. The molecule has 0 spiro atoms. The lowest BCUT2D eigenvalue weighted by molar-refractivity contribution is -0.378. The van der Waals surface area contributed by atoms with Crippen LogP contribution in [0, 0.1) is 5.92 Å². The van der Waals surface area contributed by atoms with E-state index >= 15 is 0 Å². The monoisotopic (exact) mass is 491 g/mol. The highest BCUT2D eigenvalue weighted by atomic mass is 35.5. The van der Waals surface area contributed by atoms with Crippen LogP contribution in [0.4, 0.5) is 4.39 Å². The van der Waals surface area contributed by atoms with Crippen molar-refractivity contribution in [1.82, 2.24) is 16.0 Å². The second-order valence-electron chi connectivity index (χ2n) is 8.81. The summed E-state index contributed by atoms with van der Waals surface area (Å²) in [6.45, 7) is 6.04. The van der Waals surface area contributed by atoms with Gasteiger partial charge in [0.1, 0.15) is 19.0 Å². The summed E-state index contributed by atoms with van der Waals surface area (Å²) in [6, 6.07) is 0. The maximum absolute atomic E-state index is 13.3. The zero-order valence-electron chi connectivity index (χ0n) is 19.7. The Morgan fingerprint density at radius 3 is 2.48 bits per heavy atom. The Morgan fingerprint density at radius 1 is 1.18 bits per heavy atom. The minimum atomic E-state index is -1.04. The Morgan fingerprint density at radius 2 is 1.91 bits per heavy atom. The highest BCUT2D eigenvalue weighted by Gasteiger charge is 2.33. The van der Waals surface area contributed by atoms with Crippen molar-refractivity contribution in [2.75, 3.05) is 20.2 Å². The number of hydrogen-bond acceptors (Lipinski definition) is 6. The van der Waals surface area contributed by atoms with Crippen LogP contribution in [0.3, 0.4) is 0 Å². The molecule has 33 heavy (non-hydrogen) atoms. The third-order valence-corrected chi connectivity index (χ3v) is 6.73. The van der Waals surface area contributed by atoms with Gasteiger partial charge in [0.05, 0.1) is 11.5 Å². The molecule has 8 nitrogen and oxygen atoms in total. The smallest absolute Gasteiger partial charge is 0.253 e. The summed E-state index contributed by atoms with van der Waals surface area (Å²) in [5.74, 6) is 0.147. The average molecular weight is 492 g/mol. The Kier molecular flexibility index (Phi) is 12.6. The molecule has 0 bridgehead atoms. The Labute approximate surface area is 201 Å². The molecule has 3 fully saturated rings. The number of carbonyl (C=O) groups is 2. The second kappa shape index (κ2) is 14.9. The summed E-state index contributed by atoms with van der Waals surface area (Å²) in [6.07, 6.45) is 6.69. The van der Waals surface area contributed by atoms with E-state index < -0.39 is 17.7 Å². The fourth-order valence-corrected chi connectivity index (χ4v) is 4.34. The lowest BCUT2D eigenvalue weighted by Crippen LogP contribution is -2.53. The van der Waals surface area contributed by atoms with E-state index in [9.17, 15) is 14.0 Å². The van der Waals surface area contributed by atoms with E-state index in [1.165, 1.54) is 32.1 Å². The van der Waals surface area contributed by atoms with Gasteiger partial charge in [0.2, 0.25) is 5.91 Å². The van der Waals surface area contributed by atoms with Gasteiger partial charge in [0.15, 0.2) is 6.10 Å². The third kappa shape index (κ3) is 9.86. The van der Waals surface area contributed by atoms with Crippen LogP contribution in [0.2, 0.25) is 0 Å². The van der Waals surface area contributed by atoms with E-state index in [0.717, 1.165) is 0 Å². The van der Waals surface area contributed by atoms with E-state index in [1.807, 2.05) is 6.92 Å². The van der Waals surface area contributed by atoms with Crippen LogP contribution in [0.25, 0.3) is 0 Å². The highest BCUT2D eigenvalue weighted by Crippen LogP contribution is 2.29. The van der Waals surface area contributed by atoms with Crippen molar-refractivity contribution in [2.45, 2.75) is 94.7 Å². The van der Waals surface area contributed by atoms with Crippen LogP contribution in [0.1, 0.15) is 64.7 Å². The molecule has 0 radical (unpaired) electrons. The predicted molar refractivity (Wildman–Crippen MR) is 124 cm³/mol. The van der Waals surface area contributed by atoms with Crippen molar-refractivity contribution in [1.29, 1.82) is 0 Å². The molecular formula is C23H39ClFN3O5. The fraction of sp³-hybridized carbons (Fsp3) is 0.826. The number of rotatable bonds is 7. The van der Waals surface area contributed by atoms with Crippen LogP contribution >= 0.6 is 11.6 Å².